The van der Waals surface area contributed by atoms with Crippen LogP contribution < -0.4 is 10.6 Å². The fourth-order valence-corrected chi connectivity index (χ4v) is 0.830. The van der Waals surface area contributed by atoms with Gasteiger partial charge in [0.15, 0.2) is 0 Å². The van der Waals surface area contributed by atoms with E-state index in [1.54, 1.807) is 12.3 Å². The Balaban J connectivity index is 0.000000561. The highest BCUT2D eigenvalue weighted by atomic mass is 16.3. The molecule has 0 amide bonds. The van der Waals surface area contributed by atoms with Gasteiger partial charge in [-0.2, -0.15) is 0 Å². The third-order valence-corrected chi connectivity index (χ3v) is 1.29. The van der Waals surface area contributed by atoms with Crippen LogP contribution in [0.15, 0.2) is 29.4 Å². The zero-order chi connectivity index (χ0) is 9.40. The second-order valence-electron chi connectivity index (χ2n) is 1.93. The molecule has 0 fully saturated rings. The van der Waals surface area contributed by atoms with Crippen LogP contribution in [0.25, 0.3) is 12.2 Å². The topological polar surface area (TPSA) is 13.1 Å². The lowest BCUT2D eigenvalue weighted by Crippen LogP contribution is -2.17. The maximum Gasteiger partial charge on any atom is 0.129 e. The van der Waals surface area contributed by atoms with Gasteiger partial charge in [-0.15, -0.1) is 0 Å². The van der Waals surface area contributed by atoms with E-state index >= 15 is 0 Å². The van der Waals surface area contributed by atoms with Gasteiger partial charge in [0, 0.05) is 5.22 Å². The SMILES string of the molecule is C=C/C=c1/cco/c1=C/C.CC. The molecule has 1 nitrogen and oxygen atoms in total. The maximum absolute atomic E-state index is 5.13. The zero-order valence-electron chi connectivity index (χ0n) is 8.00. The minimum Gasteiger partial charge on any atom is -0.465 e. The van der Waals surface area contributed by atoms with E-state index in [9.17, 15) is 0 Å². The van der Waals surface area contributed by atoms with Crippen LogP contribution in [0.2, 0.25) is 0 Å². The number of hydrogen-bond acceptors (Lipinski definition) is 1. The molecule has 1 aromatic rings. The van der Waals surface area contributed by atoms with E-state index in [2.05, 4.69) is 6.58 Å². The Kier molecular flexibility index (Phi) is 5.80. The Morgan fingerprint density at radius 3 is 2.58 bits per heavy atom. The van der Waals surface area contributed by atoms with Gasteiger partial charge in [0.2, 0.25) is 0 Å². The molecule has 0 bridgehead atoms. The van der Waals surface area contributed by atoms with Crippen LogP contribution >= 0.6 is 0 Å². The summed E-state index contributed by atoms with van der Waals surface area (Å²) in [7, 11) is 0. The molecule has 0 N–H and O–H groups in total. The molecule has 0 saturated heterocycles. The number of furan rings is 1. The van der Waals surface area contributed by atoms with Gasteiger partial charge in [0.25, 0.3) is 0 Å². The summed E-state index contributed by atoms with van der Waals surface area (Å²) in [5.74, 6) is 0. The molecule has 0 unspecified atom stereocenters. The third-order valence-electron chi connectivity index (χ3n) is 1.29. The smallest absolute Gasteiger partial charge is 0.129 e. The molecule has 66 valence electrons. The Hall–Kier alpha value is -1.24. The summed E-state index contributed by atoms with van der Waals surface area (Å²) in [6.45, 7) is 9.54. The van der Waals surface area contributed by atoms with Crippen molar-refractivity contribution in [3.05, 3.63) is 35.6 Å². The fraction of sp³-hybridized carbons (Fsp3) is 0.273. The molecule has 0 aliphatic rings. The third kappa shape index (κ3) is 2.79. The number of hydrogen-bond donors (Lipinski definition) is 0. The van der Waals surface area contributed by atoms with Gasteiger partial charge >= 0.3 is 0 Å². The van der Waals surface area contributed by atoms with E-state index in [-0.39, 0.29) is 0 Å². The maximum atomic E-state index is 5.13. The van der Waals surface area contributed by atoms with E-state index in [1.807, 2.05) is 39.0 Å². The van der Waals surface area contributed by atoms with Gasteiger partial charge in [-0.1, -0.05) is 32.6 Å². The lowest BCUT2D eigenvalue weighted by Gasteiger charge is -1.72. The van der Waals surface area contributed by atoms with Crippen molar-refractivity contribution in [3.8, 4) is 0 Å². The first-order chi connectivity index (χ1) is 5.88. The van der Waals surface area contributed by atoms with Crippen molar-refractivity contribution in [2.45, 2.75) is 20.8 Å². The Morgan fingerprint density at radius 1 is 1.42 bits per heavy atom. The summed E-state index contributed by atoms with van der Waals surface area (Å²) in [6.07, 6.45) is 7.26. The van der Waals surface area contributed by atoms with Gasteiger partial charge in [-0.3, -0.25) is 0 Å². The molecule has 1 heteroatoms. The molecule has 1 heterocycles. The van der Waals surface area contributed by atoms with Crippen LogP contribution in [0.3, 0.4) is 0 Å². The molecule has 0 atom stereocenters. The zero-order valence-corrected chi connectivity index (χ0v) is 8.00. The highest BCUT2D eigenvalue weighted by Crippen LogP contribution is 1.71. The first-order valence-electron chi connectivity index (χ1n) is 4.21. The van der Waals surface area contributed by atoms with Gasteiger partial charge in [0.05, 0.1) is 6.26 Å². The van der Waals surface area contributed by atoms with Crippen molar-refractivity contribution >= 4 is 12.2 Å². The normalized spacial score (nSPS) is 12.2. The van der Waals surface area contributed by atoms with Crippen LogP contribution in [0, 0.1) is 0 Å². The Morgan fingerprint density at radius 2 is 2.08 bits per heavy atom. The van der Waals surface area contributed by atoms with Crippen molar-refractivity contribution in [1.82, 2.24) is 0 Å². The quantitative estimate of drug-likeness (QED) is 0.619. The van der Waals surface area contributed by atoms with Crippen LogP contribution in [0.5, 0.6) is 0 Å². The molecule has 1 rings (SSSR count). The van der Waals surface area contributed by atoms with Crippen molar-refractivity contribution in [2.24, 2.45) is 0 Å². The highest BCUT2D eigenvalue weighted by Gasteiger charge is 1.82. The lowest BCUT2D eigenvalue weighted by molar-refractivity contribution is 0.530. The van der Waals surface area contributed by atoms with Crippen molar-refractivity contribution in [2.75, 3.05) is 0 Å². The van der Waals surface area contributed by atoms with E-state index < -0.39 is 0 Å². The lowest BCUT2D eigenvalue weighted by atomic mass is 10.4. The Bertz CT molecular complexity index is 317. The average Bonchev–Trinajstić information content (AvgIpc) is 2.56. The predicted molar refractivity (Wildman–Crippen MR) is 54.1 cm³/mol. The van der Waals surface area contributed by atoms with E-state index in [4.69, 9.17) is 4.42 Å². The highest BCUT2D eigenvalue weighted by molar-refractivity contribution is 5.35. The van der Waals surface area contributed by atoms with E-state index in [0.29, 0.717) is 0 Å². The second kappa shape index (κ2) is 6.47. The summed E-state index contributed by atoms with van der Waals surface area (Å²) in [6, 6.07) is 1.91. The number of allylic oxidation sites excluding steroid dienone is 1. The predicted octanol–water partition coefficient (Wildman–Crippen LogP) is 2.07. The minimum absolute atomic E-state index is 0.903. The molecule has 0 aliphatic carbocycles. The summed E-state index contributed by atoms with van der Waals surface area (Å²) < 4.78 is 5.13. The molecule has 0 radical (unpaired) electrons. The van der Waals surface area contributed by atoms with Gasteiger partial charge in [0.1, 0.15) is 5.42 Å². The minimum atomic E-state index is 0.903. The van der Waals surface area contributed by atoms with Crippen molar-refractivity contribution < 1.29 is 4.42 Å². The summed E-state index contributed by atoms with van der Waals surface area (Å²) in [5, 5.41) is 1.08. The number of rotatable bonds is 1. The molecular formula is C11H16O. The van der Waals surface area contributed by atoms with Crippen molar-refractivity contribution in [3.63, 3.8) is 0 Å². The van der Waals surface area contributed by atoms with Gasteiger partial charge in [-0.25, -0.2) is 0 Å². The summed E-state index contributed by atoms with van der Waals surface area (Å²) in [4.78, 5) is 0. The van der Waals surface area contributed by atoms with E-state index in [1.165, 1.54) is 0 Å². The second-order valence-corrected chi connectivity index (χ2v) is 1.93. The van der Waals surface area contributed by atoms with Crippen LogP contribution in [-0.2, 0) is 0 Å². The van der Waals surface area contributed by atoms with Crippen molar-refractivity contribution in [1.29, 1.82) is 0 Å². The summed E-state index contributed by atoms with van der Waals surface area (Å²) >= 11 is 0. The molecule has 1 aromatic heterocycles. The molecule has 0 aromatic carbocycles. The molecule has 0 aliphatic heterocycles. The fourth-order valence-electron chi connectivity index (χ4n) is 0.830. The first kappa shape index (κ1) is 10.8. The van der Waals surface area contributed by atoms with Crippen LogP contribution in [-0.4, -0.2) is 0 Å². The molecular weight excluding hydrogens is 148 g/mol. The monoisotopic (exact) mass is 164 g/mol. The Labute approximate surface area is 73.7 Å². The standard InChI is InChI=1S/C9H10O.C2H6/c1-3-5-8-6-7-10-9(8)4-2;1-2/h3-7H,1H2,2H3;1-2H3/b8-5-,9-4+;. The average molecular weight is 164 g/mol. The molecule has 12 heavy (non-hydrogen) atoms. The largest absolute Gasteiger partial charge is 0.465 e. The van der Waals surface area contributed by atoms with Crippen LogP contribution in [0.4, 0.5) is 0 Å². The van der Waals surface area contributed by atoms with Gasteiger partial charge in [-0.05, 0) is 19.1 Å². The van der Waals surface area contributed by atoms with Gasteiger partial charge < -0.3 is 4.42 Å². The first-order valence-corrected chi connectivity index (χ1v) is 4.21. The molecule has 0 spiro atoms. The molecule has 0 saturated carbocycles. The summed E-state index contributed by atoms with van der Waals surface area (Å²) in [5.41, 5.74) is 0.903. The van der Waals surface area contributed by atoms with E-state index in [0.717, 1.165) is 10.6 Å². The van der Waals surface area contributed by atoms with Crippen LogP contribution in [0.1, 0.15) is 20.8 Å².